The Hall–Kier alpha value is -2.20. The van der Waals surface area contributed by atoms with Crippen LogP contribution in [0.15, 0.2) is 54.6 Å². The molecule has 2 N–H and O–H groups in total. The van der Waals surface area contributed by atoms with Crippen molar-refractivity contribution in [3.63, 3.8) is 0 Å². The molecule has 2 aromatic carbocycles. The third-order valence-electron chi connectivity index (χ3n) is 3.72. The standard InChI is InChI=1S/C17H17FN2O/c18-14-8-6-13(7-9-14)17(12-4-2-1-3-5-12)20-15-10-16(21)19-11-15/h1-9,15,17,20H,10-11H2,(H,19,21). The molecule has 0 saturated carbocycles. The van der Waals surface area contributed by atoms with Crippen LogP contribution in [0, 0.1) is 5.82 Å². The van der Waals surface area contributed by atoms with E-state index in [-0.39, 0.29) is 23.8 Å². The Kier molecular flexibility index (Phi) is 3.97. The highest BCUT2D eigenvalue weighted by molar-refractivity contribution is 5.78. The number of carbonyl (C=O) groups is 1. The Balaban J connectivity index is 1.87. The molecule has 2 atom stereocenters. The van der Waals surface area contributed by atoms with Gasteiger partial charge in [0.2, 0.25) is 5.91 Å². The topological polar surface area (TPSA) is 41.1 Å². The second-order valence-corrected chi connectivity index (χ2v) is 5.27. The molecule has 0 aromatic heterocycles. The molecule has 1 aliphatic rings. The van der Waals surface area contributed by atoms with Gasteiger partial charge in [0.1, 0.15) is 5.82 Å². The molecular formula is C17H17FN2O. The van der Waals surface area contributed by atoms with E-state index in [0.29, 0.717) is 13.0 Å². The Morgan fingerprint density at radius 3 is 2.33 bits per heavy atom. The number of carbonyl (C=O) groups excluding carboxylic acids is 1. The van der Waals surface area contributed by atoms with Crippen molar-refractivity contribution in [1.29, 1.82) is 0 Å². The van der Waals surface area contributed by atoms with E-state index < -0.39 is 0 Å². The second-order valence-electron chi connectivity index (χ2n) is 5.27. The fourth-order valence-electron chi connectivity index (χ4n) is 2.64. The number of halogens is 1. The van der Waals surface area contributed by atoms with Gasteiger partial charge in [-0.25, -0.2) is 4.39 Å². The van der Waals surface area contributed by atoms with Crippen molar-refractivity contribution in [2.24, 2.45) is 0 Å². The van der Waals surface area contributed by atoms with Crippen LogP contribution < -0.4 is 10.6 Å². The summed E-state index contributed by atoms with van der Waals surface area (Å²) in [5.41, 5.74) is 2.09. The third kappa shape index (κ3) is 3.28. The van der Waals surface area contributed by atoms with Crippen LogP contribution in [-0.4, -0.2) is 18.5 Å². The van der Waals surface area contributed by atoms with Gasteiger partial charge in [-0.05, 0) is 23.3 Å². The van der Waals surface area contributed by atoms with Crippen LogP contribution in [0.4, 0.5) is 4.39 Å². The average molecular weight is 284 g/mol. The predicted octanol–water partition coefficient (Wildman–Crippen LogP) is 2.39. The molecule has 0 bridgehead atoms. The summed E-state index contributed by atoms with van der Waals surface area (Å²) in [4.78, 5) is 11.4. The Morgan fingerprint density at radius 2 is 1.71 bits per heavy atom. The molecule has 1 fully saturated rings. The lowest BCUT2D eigenvalue weighted by molar-refractivity contribution is -0.119. The van der Waals surface area contributed by atoms with Crippen molar-refractivity contribution in [1.82, 2.24) is 10.6 Å². The lowest BCUT2D eigenvalue weighted by Crippen LogP contribution is -2.35. The molecule has 1 saturated heterocycles. The zero-order valence-corrected chi connectivity index (χ0v) is 11.6. The summed E-state index contributed by atoms with van der Waals surface area (Å²) in [5.74, 6) is -0.179. The molecule has 2 aromatic rings. The van der Waals surface area contributed by atoms with Gasteiger partial charge in [0.05, 0.1) is 6.04 Å². The first kappa shape index (κ1) is 13.8. The van der Waals surface area contributed by atoms with Gasteiger partial charge < -0.3 is 10.6 Å². The summed E-state index contributed by atoms with van der Waals surface area (Å²) >= 11 is 0. The molecule has 1 amide bonds. The molecule has 0 spiro atoms. The van der Waals surface area contributed by atoms with Crippen molar-refractivity contribution in [3.05, 3.63) is 71.5 Å². The summed E-state index contributed by atoms with van der Waals surface area (Å²) in [6.07, 6.45) is 0.477. The maximum absolute atomic E-state index is 13.1. The lowest BCUT2D eigenvalue weighted by Gasteiger charge is -2.23. The fourth-order valence-corrected chi connectivity index (χ4v) is 2.64. The van der Waals surface area contributed by atoms with Crippen molar-refractivity contribution < 1.29 is 9.18 Å². The van der Waals surface area contributed by atoms with Crippen LogP contribution >= 0.6 is 0 Å². The summed E-state index contributed by atoms with van der Waals surface area (Å²) in [5, 5.41) is 6.32. The van der Waals surface area contributed by atoms with Gasteiger partial charge in [0, 0.05) is 19.0 Å². The van der Waals surface area contributed by atoms with Crippen molar-refractivity contribution in [2.45, 2.75) is 18.5 Å². The maximum Gasteiger partial charge on any atom is 0.221 e. The third-order valence-corrected chi connectivity index (χ3v) is 3.72. The first-order valence-corrected chi connectivity index (χ1v) is 7.05. The van der Waals surface area contributed by atoms with E-state index in [1.807, 2.05) is 30.3 Å². The average Bonchev–Trinajstić information content (AvgIpc) is 2.92. The van der Waals surface area contributed by atoms with Gasteiger partial charge in [-0.3, -0.25) is 4.79 Å². The summed E-state index contributed by atoms with van der Waals surface area (Å²) in [7, 11) is 0. The van der Waals surface area contributed by atoms with E-state index in [1.54, 1.807) is 12.1 Å². The summed E-state index contributed by atoms with van der Waals surface area (Å²) in [6, 6.07) is 16.5. The van der Waals surface area contributed by atoms with E-state index in [9.17, 15) is 9.18 Å². The van der Waals surface area contributed by atoms with Gasteiger partial charge in [0.15, 0.2) is 0 Å². The summed E-state index contributed by atoms with van der Waals surface area (Å²) in [6.45, 7) is 0.628. The Morgan fingerprint density at radius 1 is 1.05 bits per heavy atom. The van der Waals surface area contributed by atoms with Crippen molar-refractivity contribution >= 4 is 5.91 Å². The molecule has 21 heavy (non-hydrogen) atoms. The number of amides is 1. The van der Waals surface area contributed by atoms with E-state index in [0.717, 1.165) is 11.1 Å². The van der Waals surface area contributed by atoms with Crippen LogP contribution in [0.1, 0.15) is 23.6 Å². The Bertz CT molecular complexity index is 612. The van der Waals surface area contributed by atoms with Crippen LogP contribution in [0.25, 0.3) is 0 Å². The van der Waals surface area contributed by atoms with E-state index >= 15 is 0 Å². The highest BCUT2D eigenvalue weighted by atomic mass is 19.1. The number of nitrogens with one attached hydrogen (secondary N) is 2. The largest absolute Gasteiger partial charge is 0.354 e. The van der Waals surface area contributed by atoms with Crippen LogP contribution in [0.2, 0.25) is 0 Å². The SMILES string of the molecule is O=C1CC(NC(c2ccccc2)c2ccc(F)cc2)CN1. The monoisotopic (exact) mass is 284 g/mol. The fraction of sp³-hybridized carbons (Fsp3) is 0.235. The van der Waals surface area contributed by atoms with Gasteiger partial charge in [-0.2, -0.15) is 0 Å². The second kappa shape index (κ2) is 6.06. The molecule has 108 valence electrons. The smallest absolute Gasteiger partial charge is 0.221 e. The zero-order valence-electron chi connectivity index (χ0n) is 11.6. The first-order valence-electron chi connectivity index (χ1n) is 7.05. The molecule has 4 heteroatoms. The number of hydrogen-bond acceptors (Lipinski definition) is 2. The minimum absolute atomic E-state index is 0.0514. The van der Waals surface area contributed by atoms with Gasteiger partial charge in [-0.1, -0.05) is 42.5 Å². The van der Waals surface area contributed by atoms with Crippen LogP contribution in [0.5, 0.6) is 0 Å². The molecule has 1 aliphatic heterocycles. The predicted molar refractivity (Wildman–Crippen MR) is 79.2 cm³/mol. The number of hydrogen-bond donors (Lipinski definition) is 2. The van der Waals surface area contributed by atoms with Crippen LogP contribution in [0.3, 0.4) is 0 Å². The van der Waals surface area contributed by atoms with Crippen LogP contribution in [-0.2, 0) is 4.79 Å². The minimum Gasteiger partial charge on any atom is -0.354 e. The van der Waals surface area contributed by atoms with Crippen molar-refractivity contribution in [2.75, 3.05) is 6.54 Å². The quantitative estimate of drug-likeness (QED) is 0.905. The number of benzene rings is 2. The normalized spacial score (nSPS) is 19.3. The highest BCUT2D eigenvalue weighted by Gasteiger charge is 2.25. The maximum atomic E-state index is 13.1. The Labute approximate surface area is 123 Å². The molecule has 2 unspecified atom stereocenters. The molecule has 3 nitrogen and oxygen atoms in total. The summed E-state index contributed by atoms with van der Waals surface area (Å²) < 4.78 is 13.1. The highest BCUT2D eigenvalue weighted by Crippen LogP contribution is 2.23. The van der Waals surface area contributed by atoms with Gasteiger partial charge >= 0.3 is 0 Å². The zero-order chi connectivity index (χ0) is 14.7. The van der Waals surface area contributed by atoms with Crippen molar-refractivity contribution in [3.8, 4) is 0 Å². The number of rotatable bonds is 4. The van der Waals surface area contributed by atoms with Gasteiger partial charge in [0.25, 0.3) is 0 Å². The van der Waals surface area contributed by atoms with Gasteiger partial charge in [-0.15, -0.1) is 0 Å². The molecular weight excluding hydrogens is 267 g/mol. The molecule has 1 heterocycles. The minimum atomic E-state index is -0.247. The molecule has 0 radical (unpaired) electrons. The molecule has 3 rings (SSSR count). The lowest BCUT2D eigenvalue weighted by atomic mass is 9.97. The van der Waals surface area contributed by atoms with E-state index in [4.69, 9.17) is 0 Å². The van der Waals surface area contributed by atoms with E-state index in [1.165, 1.54) is 12.1 Å². The van der Waals surface area contributed by atoms with E-state index in [2.05, 4.69) is 10.6 Å². The first-order chi connectivity index (χ1) is 10.2. The molecule has 0 aliphatic carbocycles.